The maximum absolute atomic E-state index is 12.0. The Balaban J connectivity index is 2.59. The van der Waals surface area contributed by atoms with Crippen LogP contribution < -0.4 is 0 Å². The molecule has 0 N–H and O–H groups in total. The SMILES string of the molecule is COCCCS(=O)CC(=O)c1cc(C)ccc1C. The van der Waals surface area contributed by atoms with Crippen LogP contribution in [-0.2, 0) is 15.5 Å². The van der Waals surface area contributed by atoms with Gasteiger partial charge in [-0.15, -0.1) is 0 Å². The molecule has 1 unspecified atom stereocenters. The van der Waals surface area contributed by atoms with Crippen LogP contribution in [0.4, 0.5) is 0 Å². The molecule has 0 aromatic heterocycles. The van der Waals surface area contributed by atoms with E-state index in [1.165, 1.54) is 0 Å². The van der Waals surface area contributed by atoms with E-state index in [9.17, 15) is 9.00 Å². The number of carbonyl (C=O) groups excluding carboxylic acids is 1. The van der Waals surface area contributed by atoms with Gasteiger partial charge in [0.1, 0.15) is 0 Å². The lowest BCUT2D eigenvalue weighted by Crippen LogP contribution is -2.15. The summed E-state index contributed by atoms with van der Waals surface area (Å²) in [5.74, 6) is 0.588. The zero-order chi connectivity index (χ0) is 13.5. The second-order valence-corrected chi connectivity index (χ2v) is 5.95. The maximum Gasteiger partial charge on any atom is 0.175 e. The van der Waals surface area contributed by atoms with Crippen molar-refractivity contribution in [2.75, 3.05) is 25.2 Å². The van der Waals surface area contributed by atoms with Crippen molar-refractivity contribution < 1.29 is 13.7 Å². The highest BCUT2D eigenvalue weighted by atomic mass is 32.2. The Bertz CT molecular complexity index is 441. The van der Waals surface area contributed by atoms with E-state index < -0.39 is 10.8 Å². The van der Waals surface area contributed by atoms with Gasteiger partial charge in [-0.25, -0.2) is 0 Å². The van der Waals surface area contributed by atoms with Crippen molar-refractivity contribution >= 4 is 16.6 Å². The Morgan fingerprint density at radius 3 is 2.72 bits per heavy atom. The molecule has 0 bridgehead atoms. The number of carbonyl (C=O) groups is 1. The maximum atomic E-state index is 12.0. The zero-order valence-electron chi connectivity index (χ0n) is 11.2. The van der Waals surface area contributed by atoms with E-state index in [0.29, 0.717) is 17.9 Å². The highest BCUT2D eigenvalue weighted by molar-refractivity contribution is 7.85. The molecule has 1 aromatic rings. The van der Waals surface area contributed by atoms with E-state index in [-0.39, 0.29) is 11.5 Å². The van der Waals surface area contributed by atoms with Crippen molar-refractivity contribution in [1.29, 1.82) is 0 Å². The topological polar surface area (TPSA) is 43.4 Å². The summed E-state index contributed by atoms with van der Waals surface area (Å²) in [5, 5.41) is 0. The molecule has 1 rings (SSSR count). The van der Waals surface area contributed by atoms with E-state index in [0.717, 1.165) is 17.5 Å². The van der Waals surface area contributed by atoms with Crippen LogP contribution in [0, 0.1) is 13.8 Å². The average molecular weight is 268 g/mol. The Labute approximate surface area is 111 Å². The molecule has 1 aromatic carbocycles. The van der Waals surface area contributed by atoms with Gasteiger partial charge in [-0.2, -0.15) is 0 Å². The Morgan fingerprint density at radius 2 is 2.06 bits per heavy atom. The normalized spacial score (nSPS) is 12.4. The summed E-state index contributed by atoms with van der Waals surface area (Å²) in [5.41, 5.74) is 2.68. The van der Waals surface area contributed by atoms with Crippen LogP contribution in [0.5, 0.6) is 0 Å². The van der Waals surface area contributed by atoms with Crippen molar-refractivity contribution in [2.45, 2.75) is 20.3 Å². The molecular formula is C14H20O3S. The molecule has 100 valence electrons. The van der Waals surface area contributed by atoms with Gasteiger partial charge in [-0.3, -0.25) is 9.00 Å². The van der Waals surface area contributed by atoms with Gasteiger partial charge < -0.3 is 4.74 Å². The van der Waals surface area contributed by atoms with Crippen LogP contribution >= 0.6 is 0 Å². The predicted molar refractivity (Wildman–Crippen MR) is 74.6 cm³/mol. The second-order valence-electron chi connectivity index (χ2n) is 4.38. The van der Waals surface area contributed by atoms with E-state index in [1.807, 2.05) is 32.0 Å². The molecule has 18 heavy (non-hydrogen) atoms. The molecule has 3 nitrogen and oxygen atoms in total. The Morgan fingerprint density at radius 1 is 1.33 bits per heavy atom. The summed E-state index contributed by atoms with van der Waals surface area (Å²) in [6.07, 6.45) is 0.725. The monoisotopic (exact) mass is 268 g/mol. The van der Waals surface area contributed by atoms with Crippen LogP contribution in [0.25, 0.3) is 0 Å². The number of rotatable bonds is 7. The third kappa shape index (κ3) is 4.70. The lowest BCUT2D eigenvalue weighted by atomic mass is 10.0. The summed E-state index contributed by atoms with van der Waals surface area (Å²) in [6.45, 7) is 4.44. The summed E-state index contributed by atoms with van der Waals surface area (Å²) in [7, 11) is 0.519. The third-order valence-electron chi connectivity index (χ3n) is 2.71. The summed E-state index contributed by atoms with van der Waals surface area (Å²) >= 11 is 0. The molecule has 0 heterocycles. The van der Waals surface area contributed by atoms with Gasteiger partial charge in [-0.05, 0) is 31.9 Å². The Kier molecular flexibility index (Phi) is 6.22. The first-order valence-electron chi connectivity index (χ1n) is 5.99. The minimum atomic E-state index is -1.10. The number of benzene rings is 1. The number of ketones is 1. The standard InChI is InChI=1S/C14H20O3S/c1-11-5-6-12(2)13(9-11)14(15)10-18(16)8-4-7-17-3/h5-6,9H,4,7-8,10H2,1-3H3. The van der Waals surface area contributed by atoms with Crippen LogP contribution in [0.3, 0.4) is 0 Å². The number of hydrogen-bond donors (Lipinski definition) is 0. The van der Waals surface area contributed by atoms with Crippen LogP contribution in [0.2, 0.25) is 0 Å². The van der Waals surface area contributed by atoms with Crippen LogP contribution in [-0.4, -0.2) is 35.2 Å². The molecular weight excluding hydrogens is 248 g/mol. The number of Topliss-reactive ketones (excluding diaryl/α,β-unsaturated/α-hetero) is 1. The number of ether oxygens (including phenoxy) is 1. The molecule has 0 fully saturated rings. The highest BCUT2D eigenvalue weighted by Gasteiger charge is 2.12. The molecule has 0 radical (unpaired) electrons. The lowest BCUT2D eigenvalue weighted by Gasteiger charge is -2.06. The van der Waals surface area contributed by atoms with Gasteiger partial charge in [0.25, 0.3) is 0 Å². The molecule has 1 atom stereocenters. The first-order chi connectivity index (χ1) is 8.54. The van der Waals surface area contributed by atoms with Crippen LogP contribution in [0.15, 0.2) is 18.2 Å². The van der Waals surface area contributed by atoms with Crippen molar-refractivity contribution in [3.63, 3.8) is 0 Å². The van der Waals surface area contributed by atoms with Gasteiger partial charge >= 0.3 is 0 Å². The molecule has 0 aliphatic carbocycles. The number of aryl methyl sites for hydroxylation is 2. The molecule has 0 aliphatic heterocycles. The minimum Gasteiger partial charge on any atom is -0.385 e. The summed E-state index contributed by atoms with van der Waals surface area (Å²) in [6, 6.07) is 5.77. The van der Waals surface area contributed by atoms with Crippen molar-refractivity contribution in [1.82, 2.24) is 0 Å². The largest absolute Gasteiger partial charge is 0.385 e. The zero-order valence-corrected chi connectivity index (χ0v) is 12.0. The average Bonchev–Trinajstić information content (AvgIpc) is 2.32. The van der Waals surface area contributed by atoms with E-state index in [2.05, 4.69) is 0 Å². The number of hydrogen-bond acceptors (Lipinski definition) is 3. The van der Waals surface area contributed by atoms with Gasteiger partial charge in [-0.1, -0.05) is 17.7 Å². The minimum absolute atomic E-state index is 0.0352. The van der Waals surface area contributed by atoms with Crippen LogP contribution in [0.1, 0.15) is 27.9 Å². The summed E-state index contributed by atoms with van der Waals surface area (Å²) in [4.78, 5) is 12.0. The van der Waals surface area contributed by atoms with E-state index in [1.54, 1.807) is 7.11 Å². The first-order valence-corrected chi connectivity index (χ1v) is 7.47. The third-order valence-corrected chi connectivity index (χ3v) is 4.03. The predicted octanol–water partition coefficient (Wildman–Crippen LogP) is 2.27. The molecule has 0 amide bonds. The Hall–Kier alpha value is -1.00. The quantitative estimate of drug-likeness (QED) is 0.563. The molecule has 0 saturated carbocycles. The summed E-state index contributed by atoms with van der Waals surface area (Å²) < 4.78 is 16.6. The first kappa shape index (κ1) is 15.1. The highest BCUT2D eigenvalue weighted by Crippen LogP contribution is 2.12. The number of methoxy groups -OCH3 is 1. The van der Waals surface area contributed by atoms with Crippen molar-refractivity contribution in [2.24, 2.45) is 0 Å². The smallest absolute Gasteiger partial charge is 0.175 e. The molecule has 0 saturated heterocycles. The van der Waals surface area contributed by atoms with Crippen molar-refractivity contribution in [3.8, 4) is 0 Å². The van der Waals surface area contributed by atoms with Gasteiger partial charge in [0, 0.05) is 35.8 Å². The fraction of sp³-hybridized carbons (Fsp3) is 0.500. The van der Waals surface area contributed by atoms with Gasteiger partial charge in [0.05, 0.1) is 5.75 Å². The van der Waals surface area contributed by atoms with E-state index in [4.69, 9.17) is 4.74 Å². The van der Waals surface area contributed by atoms with Gasteiger partial charge in [0.15, 0.2) is 5.78 Å². The molecule has 0 spiro atoms. The molecule has 4 heteroatoms. The fourth-order valence-electron chi connectivity index (χ4n) is 1.70. The lowest BCUT2D eigenvalue weighted by molar-refractivity contribution is 0.102. The van der Waals surface area contributed by atoms with E-state index >= 15 is 0 Å². The second kappa shape index (κ2) is 7.44. The molecule has 0 aliphatic rings. The van der Waals surface area contributed by atoms with Gasteiger partial charge in [0.2, 0.25) is 0 Å². The van der Waals surface area contributed by atoms with Crippen molar-refractivity contribution in [3.05, 3.63) is 34.9 Å². The fourth-order valence-corrected chi connectivity index (χ4v) is 2.73.